The molecule has 0 saturated carbocycles. The molecule has 1 heterocycles. The third-order valence-corrected chi connectivity index (χ3v) is 3.25. The summed E-state index contributed by atoms with van der Waals surface area (Å²) < 4.78 is 0. The van der Waals surface area contributed by atoms with Gasteiger partial charge in [0, 0.05) is 24.7 Å². The van der Waals surface area contributed by atoms with E-state index < -0.39 is 0 Å². The summed E-state index contributed by atoms with van der Waals surface area (Å²) in [5.74, 6) is 2.14. The van der Waals surface area contributed by atoms with Crippen molar-refractivity contribution in [2.24, 2.45) is 0 Å². The van der Waals surface area contributed by atoms with Crippen molar-refractivity contribution in [1.82, 2.24) is 10.2 Å². The van der Waals surface area contributed by atoms with Crippen LogP contribution in [0.4, 0.5) is 0 Å². The predicted octanol–water partition coefficient (Wildman–Crippen LogP) is 1.30. The first kappa shape index (κ1) is 11.9. The zero-order valence-corrected chi connectivity index (χ0v) is 9.90. The van der Waals surface area contributed by atoms with Crippen molar-refractivity contribution in [3.63, 3.8) is 0 Å². The van der Waals surface area contributed by atoms with Gasteiger partial charge in [-0.1, -0.05) is 13.8 Å². The molecular weight excluding hydrogens is 196 g/mol. The van der Waals surface area contributed by atoms with Crippen LogP contribution in [0.3, 0.4) is 0 Å². The van der Waals surface area contributed by atoms with E-state index in [4.69, 9.17) is 0 Å². The summed E-state index contributed by atoms with van der Waals surface area (Å²) in [5.41, 5.74) is 0. The molecule has 0 aliphatic carbocycles. The summed E-state index contributed by atoms with van der Waals surface area (Å²) in [7, 11) is 0. The lowest BCUT2D eigenvalue weighted by atomic mass is 10.2. The average Bonchev–Trinajstić information content (AvgIpc) is 2.69. The minimum atomic E-state index is 0.0677. The first-order valence-corrected chi connectivity index (χ1v) is 6.55. The van der Waals surface area contributed by atoms with Crippen LogP contribution in [0, 0.1) is 0 Å². The van der Waals surface area contributed by atoms with E-state index in [2.05, 4.69) is 19.2 Å². The van der Waals surface area contributed by atoms with Crippen LogP contribution in [0.15, 0.2) is 0 Å². The van der Waals surface area contributed by atoms with Gasteiger partial charge in [-0.15, -0.1) is 11.8 Å². The molecule has 0 bridgehead atoms. The van der Waals surface area contributed by atoms with E-state index in [0.717, 1.165) is 37.6 Å². The lowest BCUT2D eigenvalue weighted by Crippen LogP contribution is -2.45. The highest BCUT2D eigenvalue weighted by Crippen LogP contribution is 2.12. The first-order valence-electron chi connectivity index (χ1n) is 5.39. The van der Waals surface area contributed by atoms with Crippen LogP contribution in [0.5, 0.6) is 0 Å². The third-order valence-electron chi connectivity index (χ3n) is 2.31. The number of hydrogen-bond donors (Lipinski definition) is 1. The Morgan fingerprint density at radius 2 is 2.07 bits per heavy atom. The molecule has 1 aliphatic rings. The Hall–Kier alpha value is -0.220. The van der Waals surface area contributed by atoms with Gasteiger partial charge in [0.25, 0.3) is 0 Å². The molecule has 1 aliphatic heterocycles. The van der Waals surface area contributed by atoms with Gasteiger partial charge in [0.2, 0.25) is 5.91 Å². The third kappa shape index (κ3) is 3.17. The zero-order valence-electron chi connectivity index (χ0n) is 9.08. The average molecular weight is 216 g/mol. The number of nitrogens with zero attached hydrogens (tertiary/aromatic N) is 1. The van der Waals surface area contributed by atoms with Gasteiger partial charge in [-0.3, -0.25) is 10.1 Å². The van der Waals surface area contributed by atoms with Crippen LogP contribution in [0.25, 0.3) is 0 Å². The van der Waals surface area contributed by atoms with E-state index in [-0.39, 0.29) is 6.04 Å². The summed E-state index contributed by atoms with van der Waals surface area (Å²) >= 11 is 1.81. The highest BCUT2D eigenvalue weighted by Gasteiger charge is 2.26. The molecule has 1 N–H and O–H groups in total. The number of carbonyl (C=O) groups is 1. The van der Waals surface area contributed by atoms with Crippen molar-refractivity contribution in [1.29, 1.82) is 0 Å². The maximum absolute atomic E-state index is 12.0. The van der Waals surface area contributed by atoms with E-state index in [1.165, 1.54) is 0 Å². The predicted molar refractivity (Wildman–Crippen MR) is 61.4 cm³/mol. The van der Waals surface area contributed by atoms with Gasteiger partial charge in [-0.2, -0.15) is 0 Å². The zero-order chi connectivity index (χ0) is 10.4. The fraction of sp³-hybridized carbons (Fsp3) is 0.900. The lowest BCUT2D eigenvalue weighted by Gasteiger charge is -2.24. The SMILES string of the molecule is CCCN(CCC)C(=O)C1CSCN1. The van der Waals surface area contributed by atoms with E-state index in [0.29, 0.717) is 5.91 Å². The second-order valence-electron chi connectivity index (χ2n) is 3.60. The number of carbonyl (C=O) groups excluding carboxylic acids is 1. The first-order chi connectivity index (χ1) is 6.79. The fourth-order valence-electron chi connectivity index (χ4n) is 1.65. The number of hydrogen-bond acceptors (Lipinski definition) is 3. The van der Waals surface area contributed by atoms with Crippen molar-refractivity contribution < 1.29 is 4.79 Å². The van der Waals surface area contributed by atoms with Gasteiger partial charge in [-0.25, -0.2) is 0 Å². The van der Waals surface area contributed by atoms with Crippen LogP contribution < -0.4 is 5.32 Å². The Morgan fingerprint density at radius 1 is 1.43 bits per heavy atom. The van der Waals surface area contributed by atoms with E-state index in [1.54, 1.807) is 11.8 Å². The van der Waals surface area contributed by atoms with Crippen LogP contribution in [-0.2, 0) is 4.79 Å². The molecule has 1 rings (SSSR count). The normalized spacial score (nSPS) is 21.1. The lowest BCUT2D eigenvalue weighted by molar-refractivity contribution is -0.132. The van der Waals surface area contributed by atoms with Gasteiger partial charge in [0.1, 0.15) is 0 Å². The second-order valence-corrected chi connectivity index (χ2v) is 4.63. The minimum absolute atomic E-state index is 0.0677. The molecule has 1 fully saturated rings. The molecule has 0 aromatic heterocycles. The maximum atomic E-state index is 12.0. The second kappa shape index (κ2) is 6.30. The summed E-state index contributed by atoms with van der Waals surface area (Å²) in [6, 6.07) is 0.0677. The van der Waals surface area contributed by atoms with E-state index in [9.17, 15) is 4.79 Å². The number of amides is 1. The maximum Gasteiger partial charge on any atom is 0.240 e. The molecule has 0 aromatic carbocycles. The molecule has 82 valence electrons. The Labute approximate surface area is 90.6 Å². The van der Waals surface area contributed by atoms with Crippen molar-refractivity contribution in [2.45, 2.75) is 32.7 Å². The molecule has 1 unspecified atom stereocenters. The van der Waals surface area contributed by atoms with E-state index in [1.807, 2.05) is 4.90 Å². The molecule has 1 atom stereocenters. The Morgan fingerprint density at radius 3 is 2.50 bits per heavy atom. The van der Waals surface area contributed by atoms with Crippen LogP contribution in [-0.4, -0.2) is 41.6 Å². The molecule has 14 heavy (non-hydrogen) atoms. The van der Waals surface area contributed by atoms with Gasteiger partial charge in [0.05, 0.1) is 6.04 Å². The fourth-order valence-corrected chi connectivity index (χ4v) is 2.58. The van der Waals surface area contributed by atoms with Gasteiger partial charge in [0.15, 0.2) is 0 Å². The number of nitrogens with one attached hydrogen (secondary N) is 1. The largest absolute Gasteiger partial charge is 0.341 e. The number of thioether (sulfide) groups is 1. The van der Waals surface area contributed by atoms with Crippen LogP contribution in [0.2, 0.25) is 0 Å². The van der Waals surface area contributed by atoms with Crippen molar-refractivity contribution in [2.75, 3.05) is 24.7 Å². The smallest absolute Gasteiger partial charge is 0.240 e. The van der Waals surface area contributed by atoms with Gasteiger partial charge < -0.3 is 4.90 Å². The highest BCUT2D eigenvalue weighted by atomic mass is 32.2. The summed E-state index contributed by atoms with van der Waals surface area (Å²) in [4.78, 5) is 14.0. The Kier molecular flexibility index (Phi) is 5.33. The van der Waals surface area contributed by atoms with Gasteiger partial charge >= 0.3 is 0 Å². The van der Waals surface area contributed by atoms with Crippen molar-refractivity contribution in [3.8, 4) is 0 Å². The van der Waals surface area contributed by atoms with Crippen LogP contribution in [0.1, 0.15) is 26.7 Å². The molecule has 1 amide bonds. The van der Waals surface area contributed by atoms with Gasteiger partial charge in [-0.05, 0) is 12.8 Å². The molecule has 0 radical (unpaired) electrons. The summed E-state index contributed by atoms with van der Waals surface area (Å²) in [5, 5.41) is 3.23. The topological polar surface area (TPSA) is 32.3 Å². The minimum Gasteiger partial charge on any atom is -0.341 e. The summed E-state index contributed by atoms with van der Waals surface area (Å²) in [6.45, 7) is 6.03. The van der Waals surface area contributed by atoms with Crippen molar-refractivity contribution >= 4 is 17.7 Å². The highest BCUT2D eigenvalue weighted by molar-refractivity contribution is 7.99. The standard InChI is InChI=1S/C10H20N2OS/c1-3-5-12(6-4-2)10(13)9-7-14-8-11-9/h9,11H,3-8H2,1-2H3. The molecule has 4 heteroatoms. The molecule has 1 saturated heterocycles. The van der Waals surface area contributed by atoms with Crippen molar-refractivity contribution in [3.05, 3.63) is 0 Å². The Bertz CT molecular complexity index is 175. The van der Waals surface area contributed by atoms with E-state index >= 15 is 0 Å². The monoisotopic (exact) mass is 216 g/mol. The summed E-state index contributed by atoms with van der Waals surface area (Å²) in [6.07, 6.45) is 2.09. The van der Waals surface area contributed by atoms with Crippen LogP contribution >= 0.6 is 11.8 Å². The molecule has 0 aromatic rings. The number of rotatable bonds is 5. The molecule has 3 nitrogen and oxygen atoms in total. The molecule has 0 spiro atoms. The quantitative estimate of drug-likeness (QED) is 0.752. The molecular formula is C10H20N2OS. The Balaban J connectivity index is 2.43.